The van der Waals surface area contributed by atoms with Crippen molar-refractivity contribution < 1.29 is 0 Å². The van der Waals surface area contributed by atoms with E-state index in [1.54, 1.807) is 0 Å². The molecule has 0 amide bonds. The van der Waals surface area contributed by atoms with E-state index in [0.29, 0.717) is 0 Å². The molecule has 0 aliphatic heterocycles. The van der Waals surface area contributed by atoms with Gasteiger partial charge < -0.3 is 5.32 Å². The first-order valence-corrected chi connectivity index (χ1v) is 6.86. The van der Waals surface area contributed by atoms with Crippen molar-refractivity contribution in [3.05, 3.63) is 62.2 Å². The van der Waals surface area contributed by atoms with E-state index in [4.69, 9.17) is 11.6 Å². The molecule has 0 heterocycles. The molecule has 0 bridgehead atoms. The summed E-state index contributed by atoms with van der Waals surface area (Å²) in [6.07, 6.45) is 0. The summed E-state index contributed by atoms with van der Waals surface area (Å²) in [7, 11) is 0. The molecular formula is C14H13ClIN. The third-order valence-electron chi connectivity index (χ3n) is 2.60. The Kier molecular flexibility index (Phi) is 4.29. The zero-order valence-electron chi connectivity index (χ0n) is 9.50. The van der Waals surface area contributed by atoms with Crippen LogP contribution in [0.3, 0.4) is 0 Å². The van der Waals surface area contributed by atoms with E-state index in [2.05, 4.69) is 65.2 Å². The number of rotatable bonds is 3. The molecule has 0 radical (unpaired) electrons. The average molecular weight is 358 g/mol. The Morgan fingerprint density at radius 1 is 1.12 bits per heavy atom. The number of benzene rings is 2. The van der Waals surface area contributed by atoms with Crippen LogP contribution in [0.15, 0.2) is 42.5 Å². The zero-order valence-corrected chi connectivity index (χ0v) is 12.4. The summed E-state index contributed by atoms with van der Waals surface area (Å²) in [6.45, 7) is 2.85. The van der Waals surface area contributed by atoms with Crippen molar-refractivity contribution in [3.8, 4) is 0 Å². The maximum atomic E-state index is 6.16. The van der Waals surface area contributed by atoms with Gasteiger partial charge in [0.15, 0.2) is 0 Å². The van der Waals surface area contributed by atoms with Gasteiger partial charge in [-0.25, -0.2) is 0 Å². The molecule has 2 aromatic carbocycles. The second-order valence-corrected chi connectivity index (χ2v) is 5.56. The van der Waals surface area contributed by atoms with Crippen LogP contribution in [0.5, 0.6) is 0 Å². The second kappa shape index (κ2) is 5.74. The van der Waals surface area contributed by atoms with Gasteiger partial charge in [0.25, 0.3) is 0 Å². The SMILES string of the molecule is Cc1cccc(Cl)c1NCc1ccc(I)cc1. The van der Waals surface area contributed by atoms with Crippen LogP contribution in [0.1, 0.15) is 11.1 Å². The molecule has 0 saturated heterocycles. The highest BCUT2D eigenvalue weighted by Gasteiger charge is 2.02. The van der Waals surface area contributed by atoms with Crippen molar-refractivity contribution in [2.75, 3.05) is 5.32 Å². The fraction of sp³-hybridized carbons (Fsp3) is 0.143. The van der Waals surface area contributed by atoms with E-state index in [0.717, 1.165) is 17.3 Å². The minimum atomic E-state index is 0.774. The third-order valence-corrected chi connectivity index (χ3v) is 3.64. The van der Waals surface area contributed by atoms with Crippen molar-refractivity contribution in [2.45, 2.75) is 13.5 Å². The first kappa shape index (κ1) is 12.7. The van der Waals surface area contributed by atoms with Gasteiger partial charge in [0.1, 0.15) is 0 Å². The van der Waals surface area contributed by atoms with Crippen molar-refractivity contribution in [2.24, 2.45) is 0 Å². The molecule has 0 fully saturated rings. The fourth-order valence-corrected chi connectivity index (χ4v) is 2.30. The van der Waals surface area contributed by atoms with E-state index in [1.807, 2.05) is 12.1 Å². The molecule has 2 aromatic rings. The number of hydrogen-bond donors (Lipinski definition) is 1. The smallest absolute Gasteiger partial charge is 0.0640 e. The van der Waals surface area contributed by atoms with Gasteiger partial charge in [-0.1, -0.05) is 35.9 Å². The lowest BCUT2D eigenvalue weighted by Crippen LogP contribution is -2.01. The highest BCUT2D eigenvalue weighted by atomic mass is 127. The molecule has 1 nitrogen and oxygen atoms in total. The summed E-state index contributed by atoms with van der Waals surface area (Å²) in [5.41, 5.74) is 3.44. The Bertz CT molecular complexity index is 488. The lowest BCUT2D eigenvalue weighted by molar-refractivity contribution is 1.14. The van der Waals surface area contributed by atoms with E-state index in [-0.39, 0.29) is 0 Å². The van der Waals surface area contributed by atoms with Crippen molar-refractivity contribution >= 4 is 39.9 Å². The first-order valence-electron chi connectivity index (χ1n) is 5.40. The summed E-state index contributed by atoms with van der Waals surface area (Å²) < 4.78 is 1.25. The Morgan fingerprint density at radius 2 is 1.82 bits per heavy atom. The lowest BCUT2D eigenvalue weighted by Gasteiger charge is -2.11. The van der Waals surface area contributed by atoms with E-state index in [9.17, 15) is 0 Å². The van der Waals surface area contributed by atoms with Crippen LogP contribution >= 0.6 is 34.2 Å². The van der Waals surface area contributed by atoms with Gasteiger partial charge in [-0.3, -0.25) is 0 Å². The Morgan fingerprint density at radius 3 is 2.47 bits per heavy atom. The Labute approximate surface area is 120 Å². The molecule has 0 aliphatic rings. The van der Waals surface area contributed by atoms with Gasteiger partial charge in [-0.2, -0.15) is 0 Å². The molecular weight excluding hydrogens is 345 g/mol. The topological polar surface area (TPSA) is 12.0 Å². The van der Waals surface area contributed by atoms with Gasteiger partial charge in [0.05, 0.1) is 10.7 Å². The summed E-state index contributed by atoms with van der Waals surface area (Å²) in [4.78, 5) is 0. The largest absolute Gasteiger partial charge is 0.380 e. The minimum absolute atomic E-state index is 0.774. The van der Waals surface area contributed by atoms with Crippen LogP contribution in [-0.4, -0.2) is 0 Å². The molecule has 2 rings (SSSR count). The fourth-order valence-electron chi connectivity index (χ4n) is 1.65. The van der Waals surface area contributed by atoms with Crippen LogP contribution in [-0.2, 0) is 6.54 Å². The maximum Gasteiger partial charge on any atom is 0.0640 e. The van der Waals surface area contributed by atoms with Gasteiger partial charge in [-0.15, -0.1) is 0 Å². The van der Waals surface area contributed by atoms with Gasteiger partial charge >= 0.3 is 0 Å². The number of aryl methyl sites for hydroxylation is 1. The normalized spacial score (nSPS) is 10.3. The third kappa shape index (κ3) is 3.36. The monoisotopic (exact) mass is 357 g/mol. The molecule has 0 saturated carbocycles. The highest BCUT2D eigenvalue weighted by molar-refractivity contribution is 14.1. The van der Waals surface area contributed by atoms with Crippen LogP contribution in [0, 0.1) is 10.5 Å². The van der Waals surface area contributed by atoms with Crippen LogP contribution < -0.4 is 5.32 Å². The predicted octanol–water partition coefficient (Wildman–Crippen LogP) is 4.87. The molecule has 0 aliphatic carbocycles. The summed E-state index contributed by atoms with van der Waals surface area (Å²) >= 11 is 8.46. The first-order chi connectivity index (χ1) is 8.16. The number of hydrogen-bond acceptors (Lipinski definition) is 1. The number of anilines is 1. The summed E-state index contributed by atoms with van der Waals surface area (Å²) in [5, 5.41) is 4.16. The summed E-state index contributed by atoms with van der Waals surface area (Å²) in [5.74, 6) is 0. The standard InChI is InChI=1S/C14H13ClIN/c1-10-3-2-4-13(15)14(10)17-9-11-5-7-12(16)8-6-11/h2-8,17H,9H2,1H3. The number of halogens is 2. The molecule has 0 unspecified atom stereocenters. The van der Waals surface area contributed by atoms with Gasteiger partial charge in [0, 0.05) is 10.1 Å². The Balaban J connectivity index is 2.10. The van der Waals surface area contributed by atoms with E-state index in [1.165, 1.54) is 14.7 Å². The number of nitrogens with one attached hydrogen (secondary N) is 1. The molecule has 0 aromatic heterocycles. The van der Waals surface area contributed by atoms with Crippen molar-refractivity contribution in [1.29, 1.82) is 0 Å². The van der Waals surface area contributed by atoms with Gasteiger partial charge in [0.2, 0.25) is 0 Å². The molecule has 0 atom stereocenters. The molecule has 17 heavy (non-hydrogen) atoms. The quantitative estimate of drug-likeness (QED) is 0.773. The number of para-hydroxylation sites is 1. The molecule has 1 N–H and O–H groups in total. The van der Waals surface area contributed by atoms with Crippen LogP contribution in [0.2, 0.25) is 5.02 Å². The van der Waals surface area contributed by atoms with Crippen molar-refractivity contribution in [1.82, 2.24) is 0 Å². The molecule has 0 spiro atoms. The minimum Gasteiger partial charge on any atom is -0.380 e. The molecule has 88 valence electrons. The van der Waals surface area contributed by atoms with Crippen molar-refractivity contribution in [3.63, 3.8) is 0 Å². The van der Waals surface area contributed by atoms with Crippen LogP contribution in [0.25, 0.3) is 0 Å². The zero-order chi connectivity index (χ0) is 12.3. The average Bonchev–Trinajstić information content (AvgIpc) is 2.31. The van der Waals surface area contributed by atoms with Gasteiger partial charge in [-0.05, 0) is 58.8 Å². The van der Waals surface area contributed by atoms with E-state index < -0.39 is 0 Å². The second-order valence-electron chi connectivity index (χ2n) is 3.91. The lowest BCUT2D eigenvalue weighted by atomic mass is 10.2. The Hall–Kier alpha value is -0.740. The maximum absolute atomic E-state index is 6.16. The van der Waals surface area contributed by atoms with E-state index >= 15 is 0 Å². The molecule has 3 heteroatoms. The summed E-state index contributed by atoms with van der Waals surface area (Å²) in [6, 6.07) is 14.4. The highest BCUT2D eigenvalue weighted by Crippen LogP contribution is 2.25. The predicted molar refractivity (Wildman–Crippen MR) is 82.7 cm³/mol. The van der Waals surface area contributed by atoms with Crippen LogP contribution in [0.4, 0.5) is 5.69 Å².